The summed E-state index contributed by atoms with van der Waals surface area (Å²) in [5, 5.41) is 5.37. The maximum absolute atomic E-state index is 14.2. The zero-order valence-electron chi connectivity index (χ0n) is 18.4. The molecule has 33 heavy (non-hydrogen) atoms. The van der Waals surface area contributed by atoms with E-state index in [0.29, 0.717) is 17.7 Å². The van der Waals surface area contributed by atoms with Crippen molar-refractivity contribution in [1.29, 1.82) is 0 Å². The summed E-state index contributed by atoms with van der Waals surface area (Å²) in [5.74, 6) is -4.19. The number of hydrogen-bond donors (Lipinski definition) is 2. The predicted molar refractivity (Wildman–Crippen MR) is 120 cm³/mol. The molecule has 3 unspecified atom stereocenters. The maximum atomic E-state index is 14.2. The molecule has 3 rings (SSSR count). The first-order chi connectivity index (χ1) is 15.8. The fourth-order valence-corrected chi connectivity index (χ4v) is 4.97. The van der Waals surface area contributed by atoms with Gasteiger partial charge in [0.1, 0.15) is 23.1 Å². The molecule has 10 heteroatoms. The Hall–Kier alpha value is -2.72. The Morgan fingerprint density at radius 1 is 1.24 bits per heavy atom. The van der Waals surface area contributed by atoms with Crippen LogP contribution in [0.4, 0.5) is 8.78 Å². The van der Waals surface area contributed by atoms with E-state index in [1.165, 1.54) is 4.31 Å². The van der Waals surface area contributed by atoms with Gasteiger partial charge in [0.25, 0.3) is 5.92 Å². The Labute approximate surface area is 194 Å². The largest absolute Gasteiger partial charge is 0.350 e. The summed E-state index contributed by atoms with van der Waals surface area (Å²) in [6, 6.07) is 9.76. The summed E-state index contributed by atoms with van der Waals surface area (Å²) < 4.78 is 42.8. The zero-order chi connectivity index (χ0) is 23.8. The van der Waals surface area contributed by atoms with Gasteiger partial charge in [0.2, 0.25) is 11.8 Å². The third-order valence-electron chi connectivity index (χ3n) is 5.40. The van der Waals surface area contributed by atoms with Gasteiger partial charge >= 0.3 is 0 Å². The van der Waals surface area contributed by atoms with Gasteiger partial charge < -0.3 is 10.6 Å². The Morgan fingerprint density at radius 3 is 2.67 bits per heavy atom. The smallest absolute Gasteiger partial charge is 0.251 e. The van der Waals surface area contributed by atoms with E-state index < -0.39 is 53.6 Å². The molecule has 2 amide bonds. The fraction of sp³-hybridized carbons (Fsp3) is 0.435. The number of nitrogens with zero attached hydrogens (tertiary/aromatic N) is 2. The van der Waals surface area contributed by atoms with E-state index in [-0.39, 0.29) is 13.1 Å². The van der Waals surface area contributed by atoms with Gasteiger partial charge in [-0.25, -0.2) is 17.3 Å². The molecule has 1 aliphatic rings. The number of nitrogens with one attached hydrogen (secondary N) is 2. The van der Waals surface area contributed by atoms with Gasteiger partial charge in [0.05, 0.1) is 4.90 Å². The van der Waals surface area contributed by atoms with Crippen molar-refractivity contribution >= 4 is 22.8 Å². The van der Waals surface area contributed by atoms with Crippen LogP contribution < -0.4 is 10.6 Å². The molecule has 1 aromatic heterocycles. The van der Waals surface area contributed by atoms with E-state index in [2.05, 4.69) is 15.6 Å². The standard InChI is InChI=1S/C23H28F2N4O3S/c1-2-7-19(21(30)27-16-17-8-6-12-26-15-17)28-22(31)20-14-23(24,25)11-13-29(20)33(32)18-9-4-3-5-10-18/h3-6,8-10,12,15,19-20H,2,7,11,13-14,16H2,1H3,(H,27,30)(H,28,31). The number of piperidine rings is 1. The number of aromatic nitrogens is 1. The minimum Gasteiger partial charge on any atom is -0.350 e. The third kappa shape index (κ3) is 6.88. The van der Waals surface area contributed by atoms with Crippen LogP contribution >= 0.6 is 0 Å². The summed E-state index contributed by atoms with van der Waals surface area (Å²) in [4.78, 5) is 30.2. The van der Waals surface area contributed by atoms with Gasteiger partial charge in [-0.2, -0.15) is 0 Å². The van der Waals surface area contributed by atoms with Gasteiger partial charge in [-0.1, -0.05) is 37.6 Å². The van der Waals surface area contributed by atoms with Crippen molar-refractivity contribution in [1.82, 2.24) is 19.9 Å². The van der Waals surface area contributed by atoms with E-state index in [4.69, 9.17) is 0 Å². The molecule has 2 N–H and O–H groups in total. The second kappa shape index (κ2) is 11.4. The highest BCUT2D eigenvalue weighted by Crippen LogP contribution is 2.34. The monoisotopic (exact) mass is 478 g/mol. The number of carbonyl (C=O) groups excluding carboxylic acids is 2. The molecule has 1 saturated heterocycles. The second-order valence-electron chi connectivity index (χ2n) is 7.96. The van der Waals surface area contributed by atoms with Crippen LogP contribution in [0.15, 0.2) is 59.8 Å². The third-order valence-corrected chi connectivity index (χ3v) is 6.94. The quantitative estimate of drug-likeness (QED) is 0.580. The summed E-state index contributed by atoms with van der Waals surface area (Å²) in [6.45, 7) is 1.89. The molecular formula is C23H28F2N4O3S. The number of pyridine rings is 1. The van der Waals surface area contributed by atoms with Crippen LogP contribution in [0.1, 0.15) is 38.2 Å². The van der Waals surface area contributed by atoms with E-state index in [0.717, 1.165) is 5.56 Å². The van der Waals surface area contributed by atoms with Crippen molar-refractivity contribution in [3.63, 3.8) is 0 Å². The molecule has 2 heterocycles. The average Bonchev–Trinajstić information content (AvgIpc) is 2.82. The molecule has 0 radical (unpaired) electrons. The lowest BCUT2D eigenvalue weighted by atomic mass is 9.99. The number of benzene rings is 1. The number of hydrogen-bond acceptors (Lipinski definition) is 4. The van der Waals surface area contributed by atoms with Gasteiger partial charge in [-0.15, -0.1) is 0 Å². The van der Waals surface area contributed by atoms with Crippen LogP contribution in [-0.4, -0.2) is 49.9 Å². The second-order valence-corrected chi connectivity index (χ2v) is 9.40. The van der Waals surface area contributed by atoms with Crippen molar-refractivity contribution in [2.45, 2.75) is 62.1 Å². The molecule has 0 bridgehead atoms. The maximum Gasteiger partial charge on any atom is 0.251 e. The highest BCUT2D eigenvalue weighted by molar-refractivity contribution is 7.82. The summed E-state index contributed by atoms with van der Waals surface area (Å²) in [6.07, 6.45) is 2.94. The van der Waals surface area contributed by atoms with Crippen LogP contribution in [-0.2, 0) is 27.1 Å². The lowest BCUT2D eigenvalue weighted by Crippen LogP contribution is -2.57. The molecule has 3 atom stereocenters. The molecule has 1 fully saturated rings. The van der Waals surface area contributed by atoms with Crippen molar-refractivity contribution in [3.05, 3.63) is 60.4 Å². The van der Waals surface area contributed by atoms with Crippen LogP contribution in [0.5, 0.6) is 0 Å². The van der Waals surface area contributed by atoms with Gasteiger partial charge in [-0.05, 0) is 30.2 Å². The molecule has 0 spiro atoms. The molecule has 178 valence electrons. The topological polar surface area (TPSA) is 91.4 Å². The van der Waals surface area contributed by atoms with Crippen molar-refractivity contribution in [3.8, 4) is 0 Å². The number of rotatable bonds is 9. The first-order valence-corrected chi connectivity index (χ1v) is 12.0. The Morgan fingerprint density at radius 2 is 2.00 bits per heavy atom. The average molecular weight is 479 g/mol. The number of halogens is 2. The Balaban J connectivity index is 1.72. The zero-order valence-corrected chi connectivity index (χ0v) is 19.2. The van der Waals surface area contributed by atoms with Crippen molar-refractivity contribution in [2.75, 3.05) is 6.54 Å². The van der Waals surface area contributed by atoms with Crippen LogP contribution in [0.3, 0.4) is 0 Å². The normalized spacial score (nSPS) is 19.9. The molecule has 7 nitrogen and oxygen atoms in total. The lowest BCUT2D eigenvalue weighted by Gasteiger charge is -2.37. The van der Waals surface area contributed by atoms with Gasteiger partial charge in [0, 0.05) is 38.3 Å². The van der Waals surface area contributed by atoms with E-state index >= 15 is 0 Å². The van der Waals surface area contributed by atoms with E-state index in [9.17, 15) is 22.6 Å². The Kier molecular flexibility index (Phi) is 8.62. The molecule has 2 aromatic rings. The van der Waals surface area contributed by atoms with Gasteiger partial charge in [0.15, 0.2) is 0 Å². The number of amides is 2. The van der Waals surface area contributed by atoms with Crippen molar-refractivity contribution < 1.29 is 22.6 Å². The first-order valence-electron chi connectivity index (χ1n) is 10.9. The lowest BCUT2D eigenvalue weighted by molar-refractivity contribution is -0.136. The highest BCUT2D eigenvalue weighted by Gasteiger charge is 2.46. The minimum atomic E-state index is -3.05. The number of carbonyl (C=O) groups is 2. The molecular weight excluding hydrogens is 450 g/mol. The summed E-state index contributed by atoms with van der Waals surface area (Å²) >= 11 is 0. The molecule has 0 aliphatic carbocycles. The van der Waals surface area contributed by atoms with Crippen LogP contribution in [0.2, 0.25) is 0 Å². The Bertz CT molecular complexity index is 963. The predicted octanol–water partition coefficient (Wildman–Crippen LogP) is 2.81. The van der Waals surface area contributed by atoms with Crippen LogP contribution in [0, 0.1) is 0 Å². The fourth-order valence-electron chi connectivity index (χ4n) is 3.65. The van der Waals surface area contributed by atoms with E-state index in [1.807, 2.05) is 13.0 Å². The molecule has 0 saturated carbocycles. The van der Waals surface area contributed by atoms with Gasteiger partial charge in [-0.3, -0.25) is 14.6 Å². The van der Waals surface area contributed by atoms with E-state index in [1.54, 1.807) is 48.8 Å². The first kappa shape index (κ1) is 24.9. The van der Waals surface area contributed by atoms with Crippen LogP contribution in [0.25, 0.3) is 0 Å². The summed E-state index contributed by atoms with van der Waals surface area (Å²) in [5.41, 5.74) is 0.795. The molecule has 1 aromatic carbocycles. The van der Waals surface area contributed by atoms with Crippen molar-refractivity contribution in [2.24, 2.45) is 0 Å². The summed E-state index contributed by atoms with van der Waals surface area (Å²) in [7, 11) is -1.78. The molecule has 1 aliphatic heterocycles. The minimum absolute atomic E-state index is 0.196. The highest BCUT2D eigenvalue weighted by atomic mass is 32.2. The SMILES string of the molecule is CCCC(NC(=O)C1CC(F)(F)CCN1S(=O)c1ccccc1)C(=O)NCc1cccnc1. The number of alkyl halides is 2.